The minimum Gasteiger partial charge on any atom is -0.496 e. The molecule has 0 bridgehead atoms. The molecule has 5 heteroatoms. The van der Waals surface area contributed by atoms with Crippen LogP contribution in [0.15, 0.2) is 28.9 Å². The third kappa shape index (κ3) is 2.79. The topological polar surface area (TPSA) is 49.9 Å². The van der Waals surface area contributed by atoms with E-state index in [0.29, 0.717) is 0 Å². The summed E-state index contributed by atoms with van der Waals surface area (Å²) in [6.45, 7) is 2.76. The van der Waals surface area contributed by atoms with Gasteiger partial charge in [-0.05, 0) is 41.1 Å². The molecule has 0 fully saturated rings. The van der Waals surface area contributed by atoms with Crippen LogP contribution in [0, 0.1) is 6.92 Å². The van der Waals surface area contributed by atoms with Crippen LogP contribution in [-0.2, 0) is 6.54 Å². The molecule has 4 nitrogen and oxygen atoms in total. The van der Waals surface area contributed by atoms with Crippen LogP contribution < -0.4 is 10.1 Å². The Morgan fingerprint density at radius 2 is 2.29 bits per heavy atom. The van der Waals surface area contributed by atoms with Crippen LogP contribution in [0.4, 0.5) is 5.69 Å². The average molecular weight is 296 g/mol. The van der Waals surface area contributed by atoms with Gasteiger partial charge in [-0.3, -0.25) is 5.10 Å². The SMILES string of the molecule is COc1ccc(NCc2cn[nH]c2C)cc1Br. The van der Waals surface area contributed by atoms with E-state index in [4.69, 9.17) is 4.74 Å². The van der Waals surface area contributed by atoms with Gasteiger partial charge in [0.1, 0.15) is 5.75 Å². The first-order chi connectivity index (χ1) is 8.20. The van der Waals surface area contributed by atoms with Gasteiger partial charge < -0.3 is 10.1 Å². The molecule has 1 aromatic heterocycles. The molecule has 2 N–H and O–H groups in total. The zero-order valence-electron chi connectivity index (χ0n) is 9.75. The maximum absolute atomic E-state index is 5.18. The summed E-state index contributed by atoms with van der Waals surface area (Å²) in [6, 6.07) is 5.90. The number of rotatable bonds is 4. The van der Waals surface area contributed by atoms with Crippen LogP contribution in [0.2, 0.25) is 0 Å². The van der Waals surface area contributed by atoms with Crippen molar-refractivity contribution in [2.24, 2.45) is 0 Å². The largest absolute Gasteiger partial charge is 0.496 e. The quantitative estimate of drug-likeness (QED) is 0.911. The van der Waals surface area contributed by atoms with Gasteiger partial charge in [-0.25, -0.2) is 0 Å². The van der Waals surface area contributed by atoms with Gasteiger partial charge in [0.15, 0.2) is 0 Å². The molecule has 2 rings (SSSR count). The summed E-state index contributed by atoms with van der Waals surface area (Å²) in [6.07, 6.45) is 1.83. The van der Waals surface area contributed by atoms with Gasteiger partial charge >= 0.3 is 0 Å². The van der Waals surface area contributed by atoms with Gasteiger partial charge in [0.05, 0.1) is 17.8 Å². The molecule has 0 aliphatic heterocycles. The van der Waals surface area contributed by atoms with Crippen LogP contribution in [0.3, 0.4) is 0 Å². The molecule has 0 radical (unpaired) electrons. The Balaban J connectivity index is 2.05. The second-order valence-electron chi connectivity index (χ2n) is 3.72. The lowest BCUT2D eigenvalue weighted by Crippen LogP contribution is -2.00. The van der Waals surface area contributed by atoms with Gasteiger partial charge in [0.25, 0.3) is 0 Å². The van der Waals surface area contributed by atoms with E-state index in [1.807, 2.05) is 31.3 Å². The molecule has 0 atom stereocenters. The highest BCUT2D eigenvalue weighted by Crippen LogP contribution is 2.27. The molecular weight excluding hydrogens is 282 g/mol. The lowest BCUT2D eigenvalue weighted by atomic mass is 10.2. The predicted octanol–water partition coefficient (Wildman–Crippen LogP) is 3.10. The number of nitrogens with one attached hydrogen (secondary N) is 2. The number of halogens is 1. The molecule has 0 spiro atoms. The Hall–Kier alpha value is -1.49. The number of anilines is 1. The smallest absolute Gasteiger partial charge is 0.133 e. The minimum absolute atomic E-state index is 0.751. The molecule has 1 aromatic carbocycles. The van der Waals surface area contributed by atoms with Crippen LogP contribution in [0.1, 0.15) is 11.3 Å². The van der Waals surface area contributed by atoms with Gasteiger partial charge in [0, 0.05) is 23.5 Å². The minimum atomic E-state index is 0.751. The molecule has 1 heterocycles. The fourth-order valence-electron chi connectivity index (χ4n) is 1.53. The number of ether oxygens (including phenoxy) is 1. The number of aromatic nitrogens is 2. The van der Waals surface area contributed by atoms with E-state index in [0.717, 1.165) is 33.7 Å². The summed E-state index contributed by atoms with van der Waals surface area (Å²) in [4.78, 5) is 0. The van der Waals surface area contributed by atoms with E-state index in [1.165, 1.54) is 0 Å². The number of aromatic amines is 1. The molecule has 0 amide bonds. The number of aryl methyl sites for hydroxylation is 1. The monoisotopic (exact) mass is 295 g/mol. The number of nitrogens with zero attached hydrogens (tertiary/aromatic N) is 1. The molecule has 0 saturated carbocycles. The van der Waals surface area contributed by atoms with Crippen molar-refractivity contribution in [3.63, 3.8) is 0 Å². The number of H-pyrrole nitrogens is 1. The van der Waals surface area contributed by atoms with E-state index >= 15 is 0 Å². The molecule has 2 aromatic rings. The first-order valence-electron chi connectivity index (χ1n) is 5.27. The maximum Gasteiger partial charge on any atom is 0.133 e. The predicted molar refractivity (Wildman–Crippen MR) is 71.3 cm³/mol. The highest BCUT2D eigenvalue weighted by Gasteiger charge is 2.03. The van der Waals surface area contributed by atoms with Crippen molar-refractivity contribution < 1.29 is 4.74 Å². The zero-order chi connectivity index (χ0) is 12.3. The van der Waals surface area contributed by atoms with Crippen LogP contribution in [0.5, 0.6) is 5.75 Å². The first-order valence-corrected chi connectivity index (χ1v) is 6.06. The molecule has 0 aliphatic carbocycles. The number of hydrogen-bond donors (Lipinski definition) is 2. The third-order valence-corrected chi connectivity index (χ3v) is 3.19. The van der Waals surface area contributed by atoms with Gasteiger partial charge in [-0.1, -0.05) is 0 Å². The summed E-state index contributed by atoms with van der Waals surface area (Å²) in [5, 5.41) is 10.2. The van der Waals surface area contributed by atoms with E-state index < -0.39 is 0 Å². The number of hydrogen-bond acceptors (Lipinski definition) is 3. The fourth-order valence-corrected chi connectivity index (χ4v) is 2.07. The number of methoxy groups -OCH3 is 1. The Morgan fingerprint density at radius 1 is 1.47 bits per heavy atom. The van der Waals surface area contributed by atoms with Gasteiger partial charge in [-0.2, -0.15) is 5.10 Å². The highest BCUT2D eigenvalue weighted by molar-refractivity contribution is 9.10. The first kappa shape index (κ1) is 12.0. The molecule has 90 valence electrons. The van der Waals surface area contributed by atoms with Gasteiger partial charge in [-0.15, -0.1) is 0 Å². The van der Waals surface area contributed by atoms with Gasteiger partial charge in [0.2, 0.25) is 0 Å². The summed E-state index contributed by atoms with van der Waals surface area (Å²) in [5.41, 5.74) is 3.29. The van der Waals surface area contributed by atoms with E-state index in [9.17, 15) is 0 Å². The molecular formula is C12H14BrN3O. The van der Waals surface area contributed by atoms with Crippen molar-refractivity contribution in [1.82, 2.24) is 10.2 Å². The summed E-state index contributed by atoms with van der Waals surface area (Å²) >= 11 is 3.46. The van der Waals surface area contributed by atoms with E-state index in [2.05, 4.69) is 31.4 Å². The lowest BCUT2D eigenvalue weighted by molar-refractivity contribution is 0.412. The second-order valence-corrected chi connectivity index (χ2v) is 4.58. The lowest BCUT2D eigenvalue weighted by Gasteiger charge is -2.08. The number of benzene rings is 1. The van der Waals surface area contributed by atoms with Crippen LogP contribution >= 0.6 is 15.9 Å². The van der Waals surface area contributed by atoms with Crippen molar-refractivity contribution in [3.05, 3.63) is 40.1 Å². The highest BCUT2D eigenvalue weighted by atomic mass is 79.9. The summed E-state index contributed by atoms with van der Waals surface area (Å²) < 4.78 is 6.12. The zero-order valence-corrected chi connectivity index (χ0v) is 11.3. The van der Waals surface area contributed by atoms with Crippen molar-refractivity contribution in [2.75, 3.05) is 12.4 Å². The summed E-state index contributed by atoms with van der Waals surface area (Å²) in [5.74, 6) is 0.829. The van der Waals surface area contributed by atoms with Crippen molar-refractivity contribution in [2.45, 2.75) is 13.5 Å². The maximum atomic E-state index is 5.18. The average Bonchev–Trinajstić information content (AvgIpc) is 2.72. The Bertz CT molecular complexity index is 510. The van der Waals surface area contributed by atoms with Crippen molar-refractivity contribution in [3.8, 4) is 5.75 Å². The van der Waals surface area contributed by atoms with Crippen molar-refractivity contribution >= 4 is 21.6 Å². The normalized spacial score (nSPS) is 10.3. The molecule has 0 unspecified atom stereocenters. The Kier molecular flexibility index (Phi) is 3.68. The molecule has 0 saturated heterocycles. The van der Waals surface area contributed by atoms with E-state index in [1.54, 1.807) is 7.11 Å². The Morgan fingerprint density at radius 3 is 2.88 bits per heavy atom. The second kappa shape index (κ2) is 5.23. The molecule has 0 aliphatic rings. The fraction of sp³-hybridized carbons (Fsp3) is 0.250. The van der Waals surface area contributed by atoms with E-state index in [-0.39, 0.29) is 0 Å². The van der Waals surface area contributed by atoms with Crippen LogP contribution in [-0.4, -0.2) is 17.3 Å². The summed E-state index contributed by atoms with van der Waals surface area (Å²) in [7, 11) is 1.65. The van der Waals surface area contributed by atoms with Crippen LogP contribution in [0.25, 0.3) is 0 Å². The Labute approximate surface area is 109 Å². The standard InChI is InChI=1S/C12H14BrN3O/c1-8-9(7-15-16-8)6-14-10-3-4-12(17-2)11(13)5-10/h3-5,7,14H,6H2,1-2H3,(H,15,16). The van der Waals surface area contributed by atoms with Crippen molar-refractivity contribution in [1.29, 1.82) is 0 Å². The molecule has 17 heavy (non-hydrogen) atoms. The third-order valence-electron chi connectivity index (χ3n) is 2.57.